The maximum Gasteiger partial charge on any atom is 0.242 e. The van der Waals surface area contributed by atoms with E-state index >= 15 is 0 Å². The highest BCUT2D eigenvalue weighted by atomic mass is 35.5. The number of carbonyl (C=O) groups excluding carboxylic acids is 1. The molecule has 0 aliphatic heterocycles. The van der Waals surface area contributed by atoms with Gasteiger partial charge >= 0.3 is 0 Å². The number of nitrogens with one attached hydrogen (secondary N) is 2. The van der Waals surface area contributed by atoms with Crippen molar-refractivity contribution in [1.82, 2.24) is 10.0 Å². The first-order valence-corrected chi connectivity index (χ1v) is 8.40. The molecule has 0 atom stereocenters. The summed E-state index contributed by atoms with van der Waals surface area (Å²) in [4.78, 5) is 11.4. The first-order chi connectivity index (χ1) is 9.72. The van der Waals surface area contributed by atoms with Gasteiger partial charge in [0.2, 0.25) is 15.9 Å². The molecule has 6 nitrogen and oxygen atoms in total. The van der Waals surface area contributed by atoms with Crippen LogP contribution in [0, 0.1) is 5.92 Å². The van der Waals surface area contributed by atoms with Crippen LogP contribution in [0.3, 0.4) is 0 Å². The summed E-state index contributed by atoms with van der Waals surface area (Å²) in [6.07, 6.45) is 0.0619. The summed E-state index contributed by atoms with van der Waals surface area (Å²) in [5.41, 5.74) is 5.74. The third kappa shape index (κ3) is 5.91. The van der Waals surface area contributed by atoms with Crippen LogP contribution in [0.2, 0.25) is 5.02 Å². The fourth-order valence-corrected chi connectivity index (χ4v) is 2.95. The highest BCUT2D eigenvalue weighted by Crippen LogP contribution is 2.22. The van der Waals surface area contributed by atoms with Crippen molar-refractivity contribution in [2.45, 2.75) is 25.2 Å². The number of anilines is 1. The molecule has 21 heavy (non-hydrogen) atoms. The molecule has 8 heteroatoms. The van der Waals surface area contributed by atoms with E-state index in [1.165, 1.54) is 18.2 Å². The molecule has 0 radical (unpaired) electrons. The van der Waals surface area contributed by atoms with Crippen LogP contribution in [0.1, 0.15) is 20.3 Å². The molecular formula is C13H20ClN3O3S. The van der Waals surface area contributed by atoms with Crippen molar-refractivity contribution in [3.8, 4) is 0 Å². The van der Waals surface area contributed by atoms with E-state index in [0.717, 1.165) is 0 Å². The zero-order valence-corrected chi connectivity index (χ0v) is 13.6. The van der Waals surface area contributed by atoms with Gasteiger partial charge in [-0.15, -0.1) is 0 Å². The first-order valence-electron chi connectivity index (χ1n) is 6.54. The average molecular weight is 334 g/mol. The normalized spacial score (nSPS) is 11.6. The highest BCUT2D eigenvalue weighted by Gasteiger charge is 2.17. The number of carbonyl (C=O) groups is 1. The summed E-state index contributed by atoms with van der Waals surface area (Å²) in [6.45, 7) is 4.51. The van der Waals surface area contributed by atoms with E-state index in [0.29, 0.717) is 12.5 Å². The molecule has 0 fully saturated rings. The van der Waals surface area contributed by atoms with Gasteiger partial charge in [0.25, 0.3) is 0 Å². The van der Waals surface area contributed by atoms with Gasteiger partial charge in [-0.1, -0.05) is 25.4 Å². The van der Waals surface area contributed by atoms with Crippen LogP contribution in [0.25, 0.3) is 0 Å². The van der Waals surface area contributed by atoms with Crippen molar-refractivity contribution < 1.29 is 13.2 Å². The molecule has 1 aromatic rings. The van der Waals surface area contributed by atoms with E-state index in [-0.39, 0.29) is 34.5 Å². The largest absolute Gasteiger partial charge is 0.398 e. The molecule has 0 spiro atoms. The lowest BCUT2D eigenvalue weighted by atomic mass is 10.2. The number of rotatable bonds is 7. The Morgan fingerprint density at radius 2 is 2.05 bits per heavy atom. The number of benzene rings is 1. The van der Waals surface area contributed by atoms with Crippen molar-refractivity contribution in [3.05, 3.63) is 23.2 Å². The van der Waals surface area contributed by atoms with E-state index in [2.05, 4.69) is 10.0 Å². The van der Waals surface area contributed by atoms with Gasteiger partial charge in [0.05, 0.1) is 5.69 Å². The molecule has 4 N–H and O–H groups in total. The van der Waals surface area contributed by atoms with Crippen LogP contribution >= 0.6 is 11.6 Å². The van der Waals surface area contributed by atoms with Gasteiger partial charge in [-0.2, -0.15) is 0 Å². The van der Waals surface area contributed by atoms with Crippen LogP contribution in [0.5, 0.6) is 0 Å². The maximum atomic E-state index is 12.1. The molecule has 0 unspecified atom stereocenters. The molecule has 1 rings (SSSR count). The maximum absolute atomic E-state index is 12.1. The lowest BCUT2D eigenvalue weighted by molar-refractivity contribution is -0.121. The molecule has 0 aliphatic rings. The van der Waals surface area contributed by atoms with Crippen LogP contribution in [-0.2, 0) is 14.8 Å². The predicted octanol–water partition coefficient (Wildman–Crippen LogP) is 1.36. The first kappa shape index (κ1) is 17.7. The molecule has 0 saturated heterocycles. The summed E-state index contributed by atoms with van der Waals surface area (Å²) < 4.78 is 26.5. The summed E-state index contributed by atoms with van der Waals surface area (Å²) in [6, 6.07) is 4.21. The summed E-state index contributed by atoms with van der Waals surface area (Å²) in [5.74, 6) is 0.141. The molecule has 0 aromatic heterocycles. The zero-order valence-electron chi connectivity index (χ0n) is 12.0. The fraction of sp³-hybridized carbons (Fsp3) is 0.462. The Labute approximate surface area is 130 Å². The number of halogens is 1. The van der Waals surface area contributed by atoms with Crippen LogP contribution in [0.4, 0.5) is 5.69 Å². The number of hydrogen-bond donors (Lipinski definition) is 3. The Morgan fingerprint density at radius 1 is 1.38 bits per heavy atom. The second-order valence-electron chi connectivity index (χ2n) is 5.03. The fourth-order valence-electron chi connectivity index (χ4n) is 1.52. The second-order valence-corrected chi connectivity index (χ2v) is 7.20. The SMILES string of the molecule is CC(C)CNC(=O)CCNS(=O)(=O)c1cc(Cl)ccc1N. The molecule has 1 amide bonds. The van der Waals surface area contributed by atoms with E-state index in [4.69, 9.17) is 17.3 Å². The highest BCUT2D eigenvalue weighted by molar-refractivity contribution is 7.89. The van der Waals surface area contributed by atoms with E-state index < -0.39 is 10.0 Å². The standard InChI is InChI=1S/C13H20ClN3O3S/c1-9(2)8-16-13(18)5-6-17-21(19,20)12-7-10(14)3-4-11(12)15/h3-4,7,9,17H,5-6,8,15H2,1-2H3,(H,16,18). The summed E-state index contributed by atoms with van der Waals surface area (Å²) in [5, 5.41) is 2.99. The minimum absolute atomic E-state index is 0.00177. The lowest BCUT2D eigenvalue weighted by Crippen LogP contribution is -2.32. The summed E-state index contributed by atoms with van der Waals surface area (Å²) >= 11 is 5.77. The Morgan fingerprint density at radius 3 is 2.67 bits per heavy atom. The number of sulfonamides is 1. The van der Waals surface area contributed by atoms with Crippen molar-refractivity contribution in [1.29, 1.82) is 0 Å². The second kappa shape index (κ2) is 7.63. The monoisotopic (exact) mass is 333 g/mol. The van der Waals surface area contributed by atoms with Gasteiger partial charge in [-0.3, -0.25) is 4.79 Å². The minimum Gasteiger partial charge on any atom is -0.398 e. The van der Waals surface area contributed by atoms with Crippen molar-refractivity contribution in [2.24, 2.45) is 5.92 Å². The Bertz CT molecular complexity index is 603. The number of amides is 1. The summed E-state index contributed by atoms with van der Waals surface area (Å²) in [7, 11) is -3.78. The smallest absolute Gasteiger partial charge is 0.242 e. The van der Waals surface area contributed by atoms with Crippen molar-refractivity contribution >= 4 is 33.2 Å². The van der Waals surface area contributed by atoms with Crippen LogP contribution in [0.15, 0.2) is 23.1 Å². The van der Waals surface area contributed by atoms with E-state index in [1.54, 1.807) is 0 Å². The van der Waals surface area contributed by atoms with Crippen molar-refractivity contribution in [3.63, 3.8) is 0 Å². The lowest BCUT2D eigenvalue weighted by Gasteiger charge is -2.10. The molecule has 0 heterocycles. The molecule has 1 aromatic carbocycles. The molecule has 0 bridgehead atoms. The van der Waals surface area contributed by atoms with Crippen LogP contribution < -0.4 is 15.8 Å². The Balaban J connectivity index is 2.58. The number of nitrogen functional groups attached to an aromatic ring is 1. The predicted molar refractivity (Wildman–Crippen MR) is 83.5 cm³/mol. The third-order valence-electron chi connectivity index (χ3n) is 2.62. The molecule has 0 saturated carbocycles. The van der Waals surface area contributed by atoms with Crippen molar-refractivity contribution in [2.75, 3.05) is 18.8 Å². The number of hydrogen-bond acceptors (Lipinski definition) is 4. The van der Waals surface area contributed by atoms with Gasteiger partial charge in [-0.05, 0) is 24.1 Å². The third-order valence-corrected chi connectivity index (χ3v) is 4.37. The quantitative estimate of drug-likeness (QED) is 0.656. The molecule has 118 valence electrons. The van der Waals surface area contributed by atoms with Crippen LogP contribution in [-0.4, -0.2) is 27.4 Å². The van der Waals surface area contributed by atoms with E-state index in [9.17, 15) is 13.2 Å². The van der Waals surface area contributed by atoms with Gasteiger partial charge in [0.1, 0.15) is 4.90 Å². The minimum atomic E-state index is -3.78. The van der Waals surface area contributed by atoms with Gasteiger partial charge in [0, 0.05) is 24.5 Å². The van der Waals surface area contributed by atoms with Gasteiger partial charge in [0.15, 0.2) is 0 Å². The molecular weight excluding hydrogens is 314 g/mol. The topological polar surface area (TPSA) is 101 Å². The zero-order chi connectivity index (χ0) is 16.0. The molecule has 0 aliphatic carbocycles. The average Bonchev–Trinajstić information content (AvgIpc) is 2.39. The Kier molecular flexibility index (Phi) is 6.44. The van der Waals surface area contributed by atoms with Gasteiger partial charge in [-0.25, -0.2) is 13.1 Å². The van der Waals surface area contributed by atoms with Gasteiger partial charge < -0.3 is 11.1 Å². The Hall–Kier alpha value is -1.31. The number of nitrogens with two attached hydrogens (primary N) is 1. The van der Waals surface area contributed by atoms with E-state index in [1.807, 2.05) is 13.8 Å².